The average Bonchev–Trinajstić information content (AvgIpc) is 2.49. The Morgan fingerprint density at radius 2 is 1.95 bits per heavy atom. The summed E-state index contributed by atoms with van der Waals surface area (Å²) in [5.74, 6) is 0.301. The molecule has 3 heterocycles. The van der Waals surface area contributed by atoms with E-state index in [9.17, 15) is 0 Å². The van der Waals surface area contributed by atoms with Crippen molar-refractivity contribution in [2.24, 2.45) is 11.8 Å². The Hall–Kier alpha value is -0.190. The molecule has 0 saturated carbocycles. The minimum Gasteiger partial charge on any atom is -0.381 e. The van der Waals surface area contributed by atoms with Gasteiger partial charge >= 0.3 is 0 Å². The van der Waals surface area contributed by atoms with E-state index in [2.05, 4.69) is 5.32 Å². The molecule has 0 bridgehead atoms. The fraction of sp³-hybridized carbons (Fsp3) is 1.00. The van der Waals surface area contributed by atoms with Crippen LogP contribution in [0.1, 0.15) is 45.4 Å². The van der Waals surface area contributed by atoms with Crippen LogP contribution in [0.3, 0.4) is 0 Å². The summed E-state index contributed by atoms with van der Waals surface area (Å²) < 4.78 is 27.0. The zero-order valence-corrected chi connectivity index (χ0v) is 12.6. The zero-order chi connectivity index (χ0) is 14.1. The molecule has 3 unspecified atom stereocenters. The molecule has 0 amide bonds. The van der Waals surface area contributed by atoms with Crippen molar-refractivity contribution in [1.29, 1.82) is 0 Å². The average molecular weight is 285 g/mol. The van der Waals surface area contributed by atoms with Gasteiger partial charge in [0.25, 0.3) is 0 Å². The Morgan fingerprint density at radius 3 is 2.65 bits per heavy atom. The lowest BCUT2D eigenvalue weighted by Crippen LogP contribution is -2.52. The fourth-order valence-corrected chi connectivity index (χ4v) is 4.27. The van der Waals surface area contributed by atoms with Crippen LogP contribution in [0.5, 0.6) is 0 Å². The molecule has 0 radical (unpaired) electrons. The van der Waals surface area contributed by atoms with Gasteiger partial charge in [0.2, 0.25) is 0 Å². The molecule has 20 heavy (non-hydrogen) atoms. The highest BCUT2D eigenvalue weighted by molar-refractivity contribution is 4.98. The van der Waals surface area contributed by atoms with Crippen LogP contribution in [-0.4, -0.2) is 44.2 Å². The summed E-state index contributed by atoms with van der Waals surface area (Å²) in [6.45, 7) is 5.96. The number of nitrogens with one attached hydrogen (secondary N) is 1. The summed E-state index contributed by atoms with van der Waals surface area (Å²) in [7, 11) is 0. The van der Waals surface area contributed by atoms with E-state index in [1.165, 1.54) is 0 Å². The van der Waals surface area contributed by atoms with Crippen LogP contribution >= 0.6 is 0 Å². The van der Waals surface area contributed by atoms with Gasteiger partial charge in [-0.3, -0.25) is 0 Å². The minimum absolute atomic E-state index is 0.101. The maximum absolute atomic E-state index is 15.5. The van der Waals surface area contributed by atoms with Gasteiger partial charge < -0.3 is 14.8 Å². The van der Waals surface area contributed by atoms with Crippen molar-refractivity contribution >= 4 is 0 Å². The molecule has 1 spiro atoms. The van der Waals surface area contributed by atoms with E-state index in [1.54, 1.807) is 0 Å². The highest BCUT2D eigenvalue weighted by Gasteiger charge is 2.48. The van der Waals surface area contributed by atoms with E-state index >= 15 is 4.39 Å². The van der Waals surface area contributed by atoms with E-state index in [-0.39, 0.29) is 17.4 Å². The molecule has 0 aromatic carbocycles. The number of halogens is 1. The smallest absolute Gasteiger partial charge is 0.115 e. The Morgan fingerprint density at radius 1 is 1.15 bits per heavy atom. The Balaban J connectivity index is 1.68. The highest BCUT2D eigenvalue weighted by Crippen LogP contribution is 2.46. The second kappa shape index (κ2) is 5.90. The lowest BCUT2D eigenvalue weighted by atomic mass is 9.69. The Labute approximate surface area is 121 Å². The molecule has 0 aliphatic carbocycles. The van der Waals surface area contributed by atoms with Crippen LogP contribution in [-0.2, 0) is 9.47 Å². The van der Waals surface area contributed by atoms with Crippen LogP contribution in [0.4, 0.5) is 4.39 Å². The predicted octanol–water partition coefficient (Wildman–Crippen LogP) is 2.69. The topological polar surface area (TPSA) is 30.5 Å². The van der Waals surface area contributed by atoms with E-state index in [1.807, 2.05) is 6.92 Å². The second-order valence-electron chi connectivity index (χ2n) is 7.03. The second-order valence-corrected chi connectivity index (χ2v) is 7.03. The summed E-state index contributed by atoms with van der Waals surface area (Å²) in [6.07, 6.45) is 5.73. The first kappa shape index (κ1) is 14.7. The lowest BCUT2D eigenvalue weighted by Gasteiger charge is -2.48. The summed E-state index contributed by atoms with van der Waals surface area (Å²) in [5.41, 5.74) is -1.17. The molecule has 1 N–H and O–H groups in total. The number of hydrogen-bond acceptors (Lipinski definition) is 3. The minimum atomic E-state index is -1.07. The summed E-state index contributed by atoms with van der Waals surface area (Å²) in [6, 6.07) is 0. The molecular weight excluding hydrogens is 257 g/mol. The first-order chi connectivity index (χ1) is 9.62. The van der Waals surface area contributed by atoms with Crippen molar-refractivity contribution in [2.45, 2.75) is 56.7 Å². The van der Waals surface area contributed by atoms with Gasteiger partial charge in [0.1, 0.15) is 5.67 Å². The highest BCUT2D eigenvalue weighted by atomic mass is 19.1. The van der Waals surface area contributed by atoms with E-state index in [4.69, 9.17) is 9.47 Å². The number of alkyl halides is 1. The normalized spacial score (nSPS) is 37.5. The van der Waals surface area contributed by atoms with Gasteiger partial charge in [-0.1, -0.05) is 0 Å². The van der Waals surface area contributed by atoms with Gasteiger partial charge in [0, 0.05) is 32.3 Å². The summed E-state index contributed by atoms with van der Waals surface area (Å²) in [4.78, 5) is 0. The van der Waals surface area contributed by atoms with Crippen molar-refractivity contribution in [3.05, 3.63) is 0 Å². The number of rotatable bonds is 2. The summed E-state index contributed by atoms with van der Waals surface area (Å²) >= 11 is 0. The molecule has 0 aromatic heterocycles. The predicted molar refractivity (Wildman–Crippen MR) is 76.6 cm³/mol. The van der Waals surface area contributed by atoms with Crippen molar-refractivity contribution in [2.75, 3.05) is 32.9 Å². The molecule has 3 fully saturated rings. The van der Waals surface area contributed by atoms with Crippen molar-refractivity contribution < 1.29 is 13.9 Å². The third-order valence-electron chi connectivity index (χ3n) is 5.79. The van der Waals surface area contributed by atoms with Crippen LogP contribution < -0.4 is 5.32 Å². The van der Waals surface area contributed by atoms with Crippen LogP contribution in [0.25, 0.3) is 0 Å². The van der Waals surface area contributed by atoms with Gasteiger partial charge in [0.15, 0.2) is 0 Å². The maximum Gasteiger partial charge on any atom is 0.115 e. The van der Waals surface area contributed by atoms with Crippen molar-refractivity contribution in [1.82, 2.24) is 5.32 Å². The quantitative estimate of drug-likeness (QED) is 0.846. The molecular formula is C16H28FNO2. The lowest BCUT2D eigenvalue weighted by molar-refractivity contribution is -0.168. The van der Waals surface area contributed by atoms with Gasteiger partial charge in [0.05, 0.1) is 5.60 Å². The van der Waals surface area contributed by atoms with Crippen LogP contribution in [0.2, 0.25) is 0 Å². The molecule has 3 aliphatic rings. The SMILES string of the molecule is CC(F)(C1CCCNC1)C1CCOC2(CCOCC2)C1. The van der Waals surface area contributed by atoms with Gasteiger partial charge in [-0.25, -0.2) is 4.39 Å². The first-order valence-corrected chi connectivity index (χ1v) is 8.24. The van der Waals surface area contributed by atoms with Crippen molar-refractivity contribution in [3.8, 4) is 0 Å². The molecule has 3 aliphatic heterocycles. The largest absolute Gasteiger partial charge is 0.381 e. The molecule has 3 saturated heterocycles. The third-order valence-corrected chi connectivity index (χ3v) is 5.79. The Bertz CT molecular complexity index is 317. The molecule has 3 atom stereocenters. The van der Waals surface area contributed by atoms with E-state index < -0.39 is 5.67 Å². The molecule has 3 rings (SSSR count). The molecule has 0 aromatic rings. The maximum atomic E-state index is 15.5. The third kappa shape index (κ3) is 2.88. The summed E-state index contributed by atoms with van der Waals surface area (Å²) in [5, 5.41) is 3.36. The fourth-order valence-electron chi connectivity index (χ4n) is 4.27. The molecule has 116 valence electrons. The number of hydrogen-bond donors (Lipinski definition) is 1. The number of ether oxygens (including phenoxy) is 2. The van der Waals surface area contributed by atoms with Crippen LogP contribution in [0, 0.1) is 11.8 Å². The molecule has 4 heteroatoms. The van der Waals surface area contributed by atoms with Gasteiger partial charge in [-0.2, -0.15) is 0 Å². The van der Waals surface area contributed by atoms with E-state index in [0.29, 0.717) is 6.61 Å². The van der Waals surface area contributed by atoms with Crippen molar-refractivity contribution in [3.63, 3.8) is 0 Å². The number of piperidine rings is 1. The molecule has 3 nitrogen and oxygen atoms in total. The van der Waals surface area contributed by atoms with Crippen LogP contribution in [0.15, 0.2) is 0 Å². The van der Waals surface area contributed by atoms with Gasteiger partial charge in [-0.05, 0) is 57.9 Å². The van der Waals surface area contributed by atoms with Gasteiger partial charge in [-0.15, -0.1) is 0 Å². The first-order valence-electron chi connectivity index (χ1n) is 8.24. The Kier molecular flexibility index (Phi) is 4.34. The standard InChI is InChI=1S/C16H28FNO2/c1-15(17,14-3-2-7-18-12-14)13-4-8-20-16(11-13)5-9-19-10-6-16/h13-14,18H,2-12H2,1H3. The monoisotopic (exact) mass is 285 g/mol. The zero-order valence-electron chi connectivity index (χ0n) is 12.6. The van der Waals surface area contributed by atoms with E-state index in [0.717, 1.165) is 64.8 Å².